The number of carbonyl (C=O) groups excluding carboxylic acids is 1. The number of nitrogens with one attached hydrogen (secondary N) is 1. The summed E-state index contributed by atoms with van der Waals surface area (Å²) < 4.78 is 0. The molecule has 0 aliphatic carbocycles. The molecule has 70 valence electrons. The van der Waals surface area contributed by atoms with Crippen LogP contribution in [0.1, 0.15) is 19.3 Å². The standard InChI is InChI=1S/C8H13BrClNO/c1-7(10)6-11-8(12)4-2-3-5-9/h1-6H2,(H,11,12). The first kappa shape index (κ1) is 12.0. The van der Waals surface area contributed by atoms with Crippen molar-refractivity contribution in [2.24, 2.45) is 0 Å². The summed E-state index contributed by atoms with van der Waals surface area (Å²) in [6.45, 7) is 3.84. The van der Waals surface area contributed by atoms with Gasteiger partial charge in [0.15, 0.2) is 0 Å². The van der Waals surface area contributed by atoms with Gasteiger partial charge in [-0.05, 0) is 12.8 Å². The van der Waals surface area contributed by atoms with Crippen molar-refractivity contribution in [1.29, 1.82) is 0 Å². The van der Waals surface area contributed by atoms with Crippen LogP contribution in [0.3, 0.4) is 0 Å². The molecule has 4 heteroatoms. The first-order chi connectivity index (χ1) is 5.66. The average molecular weight is 255 g/mol. The smallest absolute Gasteiger partial charge is 0.220 e. The second-order valence-corrected chi connectivity index (χ2v) is 3.77. The van der Waals surface area contributed by atoms with Gasteiger partial charge in [-0.2, -0.15) is 0 Å². The maximum Gasteiger partial charge on any atom is 0.220 e. The van der Waals surface area contributed by atoms with Crippen molar-refractivity contribution in [3.8, 4) is 0 Å². The van der Waals surface area contributed by atoms with Gasteiger partial charge in [-0.25, -0.2) is 0 Å². The molecule has 0 saturated carbocycles. The van der Waals surface area contributed by atoms with E-state index in [4.69, 9.17) is 11.6 Å². The zero-order chi connectivity index (χ0) is 9.40. The zero-order valence-electron chi connectivity index (χ0n) is 6.91. The number of hydrogen-bond donors (Lipinski definition) is 1. The number of unbranched alkanes of at least 4 members (excludes halogenated alkanes) is 1. The van der Waals surface area contributed by atoms with Gasteiger partial charge in [-0.15, -0.1) is 0 Å². The first-order valence-electron chi connectivity index (χ1n) is 3.82. The molecule has 0 aromatic rings. The fraction of sp³-hybridized carbons (Fsp3) is 0.625. The molecule has 0 saturated heterocycles. The van der Waals surface area contributed by atoms with E-state index >= 15 is 0 Å². The van der Waals surface area contributed by atoms with E-state index in [1.165, 1.54) is 0 Å². The second kappa shape index (κ2) is 7.62. The largest absolute Gasteiger partial charge is 0.351 e. The topological polar surface area (TPSA) is 29.1 Å². The molecule has 2 nitrogen and oxygen atoms in total. The minimum absolute atomic E-state index is 0.0396. The number of amides is 1. The molecule has 0 heterocycles. The molecule has 1 amide bonds. The lowest BCUT2D eigenvalue weighted by molar-refractivity contribution is -0.120. The lowest BCUT2D eigenvalue weighted by atomic mass is 10.2. The van der Waals surface area contributed by atoms with E-state index in [1.54, 1.807) is 0 Å². The summed E-state index contributed by atoms with van der Waals surface area (Å²) >= 11 is 8.76. The molecule has 1 N–H and O–H groups in total. The normalized spacial score (nSPS) is 9.50. The fourth-order valence-corrected chi connectivity index (χ4v) is 1.13. The molecular weight excluding hydrogens is 241 g/mol. The van der Waals surface area contributed by atoms with Crippen molar-refractivity contribution in [3.63, 3.8) is 0 Å². The molecule has 0 aromatic heterocycles. The molecule has 0 unspecified atom stereocenters. The van der Waals surface area contributed by atoms with E-state index in [0.29, 0.717) is 18.0 Å². The Labute approximate surface area is 86.5 Å². The fourth-order valence-electron chi connectivity index (χ4n) is 0.663. The van der Waals surface area contributed by atoms with Crippen molar-refractivity contribution < 1.29 is 4.79 Å². The van der Waals surface area contributed by atoms with Gasteiger partial charge in [0, 0.05) is 16.8 Å². The minimum atomic E-state index is 0.0396. The molecule has 12 heavy (non-hydrogen) atoms. The zero-order valence-corrected chi connectivity index (χ0v) is 9.25. The Hall–Kier alpha value is -0.0200. The molecule has 0 aliphatic heterocycles. The summed E-state index contributed by atoms with van der Waals surface area (Å²) in [6.07, 6.45) is 2.50. The van der Waals surface area contributed by atoms with Gasteiger partial charge < -0.3 is 5.32 Å². The highest BCUT2D eigenvalue weighted by molar-refractivity contribution is 9.09. The van der Waals surface area contributed by atoms with Crippen LogP contribution in [0.15, 0.2) is 11.6 Å². The molecule has 0 rings (SSSR count). The van der Waals surface area contributed by atoms with Crippen molar-refractivity contribution in [2.75, 3.05) is 11.9 Å². The molecule has 0 bridgehead atoms. The Morgan fingerprint density at radius 3 is 2.67 bits per heavy atom. The van der Waals surface area contributed by atoms with Gasteiger partial charge in [0.2, 0.25) is 5.91 Å². The molecule has 0 fully saturated rings. The predicted octanol–water partition coefficient (Wildman–Crippen LogP) is 2.42. The highest BCUT2D eigenvalue weighted by Crippen LogP contribution is 1.99. The summed E-state index contributed by atoms with van der Waals surface area (Å²) in [6, 6.07) is 0. The highest BCUT2D eigenvalue weighted by atomic mass is 79.9. The van der Waals surface area contributed by atoms with Gasteiger partial charge in [0.05, 0.1) is 6.54 Å². The Morgan fingerprint density at radius 2 is 2.17 bits per heavy atom. The van der Waals surface area contributed by atoms with Crippen molar-refractivity contribution in [1.82, 2.24) is 5.32 Å². The monoisotopic (exact) mass is 253 g/mol. The average Bonchev–Trinajstić information content (AvgIpc) is 2.01. The van der Waals surface area contributed by atoms with E-state index in [2.05, 4.69) is 27.8 Å². The molecule has 0 radical (unpaired) electrons. The van der Waals surface area contributed by atoms with Crippen LogP contribution in [-0.4, -0.2) is 17.8 Å². The van der Waals surface area contributed by atoms with Gasteiger partial charge in [-0.1, -0.05) is 34.1 Å². The van der Waals surface area contributed by atoms with Gasteiger partial charge in [0.25, 0.3) is 0 Å². The summed E-state index contributed by atoms with van der Waals surface area (Å²) in [5, 5.41) is 4.06. The number of halogens is 2. The molecule has 0 spiro atoms. The van der Waals surface area contributed by atoms with Gasteiger partial charge in [-0.3, -0.25) is 4.79 Å². The van der Waals surface area contributed by atoms with Crippen LogP contribution in [-0.2, 0) is 4.79 Å². The first-order valence-corrected chi connectivity index (χ1v) is 5.32. The summed E-state index contributed by atoms with van der Waals surface area (Å²) in [5.74, 6) is 0.0396. The minimum Gasteiger partial charge on any atom is -0.351 e. The van der Waals surface area contributed by atoms with Crippen LogP contribution in [0.2, 0.25) is 0 Å². The van der Waals surface area contributed by atoms with Crippen LogP contribution in [0.25, 0.3) is 0 Å². The van der Waals surface area contributed by atoms with Crippen LogP contribution >= 0.6 is 27.5 Å². The summed E-state index contributed by atoms with van der Waals surface area (Å²) in [5.41, 5.74) is 0. The Bertz CT molecular complexity index is 161. The molecule has 0 atom stereocenters. The number of carbonyl (C=O) groups is 1. The van der Waals surface area contributed by atoms with E-state index in [1.807, 2.05) is 0 Å². The molecular formula is C8H13BrClNO. The highest BCUT2D eigenvalue weighted by Gasteiger charge is 1.99. The van der Waals surface area contributed by atoms with E-state index in [0.717, 1.165) is 18.2 Å². The number of rotatable bonds is 6. The van der Waals surface area contributed by atoms with Crippen LogP contribution in [0, 0.1) is 0 Å². The van der Waals surface area contributed by atoms with Crippen LogP contribution in [0.5, 0.6) is 0 Å². The third kappa shape index (κ3) is 8.08. The van der Waals surface area contributed by atoms with Crippen molar-refractivity contribution in [2.45, 2.75) is 19.3 Å². The van der Waals surface area contributed by atoms with Gasteiger partial charge in [0.1, 0.15) is 0 Å². The van der Waals surface area contributed by atoms with Gasteiger partial charge >= 0.3 is 0 Å². The number of alkyl halides is 1. The second-order valence-electron chi connectivity index (χ2n) is 2.44. The summed E-state index contributed by atoms with van der Waals surface area (Å²) in [4.78, 5) is 11.0. The maximum absolute atomic E-state index is 11.0. The SMILES string of the molecule is C=C(Cl)CNC(=O)CCCCBr. The summed E-state index contributed by atoms with van der Waals surface area (Å²) in [7, 11) is 0. The van der Waals surface area contributed by atoms with Crippen molar-refractivity contribution >= 4 is 33.4 Å². The van der Waals surface area contributed by atoms with E-state index in [-0.39, 0.29) is 5.91 Å². The number of hydrogen-bond acceptors (Lipinski definition) is 1. The van der Waals surface area contributed by atoms with Crippen molar-refractivity contribution in [3.05, 3.63) is 11.6 Å². The van der Waals surface area contributed by atoms with E-state index < -0.39 is 0 Å². The molecule has 0 aromatic carbocycles. The van der Waals surface area contributed by atoms with E-state index in [9.17, 15) is 4.79 Å². The Kier molecular flexibility index (Phi) is 7.61. The van der Waals surface area contributed by atoms with Crippen LogP contribution in [0.4, 0.5) is 0 Å². The maximum atomic E-state index is 11.0. The Morgan fingerprint density at radius 1 is 1.50 bits per heavy atom. The lowest BCUT2D eigenvalue weighted by Crippen LogP contribution is -2.23. The Balaban J connectivity index is 3.28. The third-order valence-corrected chi connectivity index (χ3v) is 1.96. The third-order valence-electron chi connectivity index (χ3n) is 1.26. The van der Waals surface area contributed by atoms with Crippen LogP contribution < -0.4 is 5.32 Å². The lowest BCUT2D eigenvalue weighted by Gasteiger charge is -2.02. The molecule has 0 aliphatic rings. The quantitative estimate of drug-likeness (QED) is 0.572. The predicted molar refractivity (Wildman–Crippen MR) is 55.6 cm³/mol.